The predicted octanol–water partition coefficient (Wildman–Crippen LogP) is 1.82. The van der Waals surface area contributed by atoms with Crippen LogP contribution in [0.2, 0.25) is 0 Å². The minimum atomic E-state index is -0.00699. The lowest BCUT2D eigenvalue weighted by atomic mass is 10.2. The molecule has 0 unspecified atom stereocenters. The van der Waals surface area contributed by atoms with Crippen LogP contribution >= 0.6 is 15.9 Å². The Balaban J connectivity index is 2.80. The van der Waals surface area contributed by atoms with Gasteiger partial charge in [0.25, 0.3) is 0 Å². The summed E-state index contributed by atoms with van der Waals surface area (Å²) in [6.45, 7) is -0.00699. The van der Waals surface area contributed by atoms with Crippen molar-refractivity contribution in [2.75, 3.05) is 0 Å². The predicted molar refractivity (Wildman–Crippen MR) is 49.7 cm³/mol. The molecule has 0 spiro atoms. The van der Waals surface area contributed by atoms with Gasteiger partial charge in [0.2, 0.25) is 0 Å². The molecule has 0 aliphatic heterocycles. The second-order valence-electron chi connectivity index (χ2n) is 2.50. The van der Waals surface area contributed by atoms with E-state index < -0.39 is 0 Å². The lowest BCUT2D eigenvalue weighted by Gasteiger charge is -1.92. The van der Waals surface area contributed by atoms with Crippen molar-refractivity contribution in [3.63, 3.8) is 0 Å². The van der Waals surface area contributed by atoms with E-state index in [9.17, 15) is 0 Å². The Hall–Kier alpha value is -0.870. The Morgan fingerprint density at radius 1 is 1.50 bits per heavy atom. The van der Waals surface area contributed by atoms with Crippen molar-refractivity contribution in [2.45, 2.75) is 6.61 Å². The third-order valence-corrected chi connectivity index (χ3v) is 2.41. The number of aromatic amines is 1. The number of nitrogens with zero attached hydrogens (tertiary/aromatic N) is 1. The minimum Gasteiger partial charge on any atom is -0.390 e. The van der Waals surface area contributed by atoms with Crippen LogP contribution in [0, 0.1) is 0 Å². The second kappa shape index (κ2) is 2.88. The molecule has 4 heteroatoms. The minimum absolute atomic E-state index is 0.00699. The summed E-state index contributed by atoms with van der Waals surface area (Å²) in [5, 5.41) is 16.7. The van der Waals surface area contributed by atoms with Crippen LogP contribution in [0.25, 0.3) is 10.9 Å². The van der Waals surface area contributed by atoms with Crippen LogP contribution in [-0.2, 0) is 6.61 Å². The largest absolute Gasteiger partial charge is 0.390 e. The number of hydrogen-bond donors (Lipinski definition) is 2. The van der Waals surface area contributed by atoms with Crippen molar-refractivity contribution in [3.05, 3.63) is 28.4 Å². The van der Waals surface area contributed by atoms with Crippen LogP contribution in [0.1, 0.15) is 5.69 Å². The molecular weight excluding hydrogens is 220 g/mol. The number of fused-ring (bicyclic) bond motifs is 1. The zero-order valence-corrected chi connectivity index (χ0v) is 7.80. The molecule has 0 aliphatic rings. The molecule has 2 N–H and O–H groups in total. The number of H-pyrrole nitrogens is 1. The summed E-state index contributed by atoms with van der Waals surface area (Å²) in [6, 6.07) is 5.76. The van der Waals surface area contributed by atoms with E-state index in [2.05, 4.69) is 26.1 Å². The number of halogens is 1. The lowest BCUT2D eigenvalue weighted by molar-refractivity contribution is 0.278. The highest BCUT2D eigenvalue weighted by Gasteiger charge is 2.05. The van der Waals surface area contributed by atoms with E-state index in [0.29, 0.717) is 0 Å². The summed E-state index contributed by atoms with van der Waals surface area (Å²) >= 11 is 3.38. The maximum Gasteiger partial charge on any atom is 0.107 e. The molecular formula is C8H7BrN2O. The molecule has 2 aromatic rings. The van der Waals surface area contributed by atoms with Gasteiger partial charge in [0, 0.05) is 9.86 Å². The van der Waals surface area contributed by atoms with Gasteiger partial charge in [-0.1, -0.05) is 12.1 Å². The fourth-order valence-corrected chi connectivity index (χ4v) is 1.63. The number of rotatable bonds is 1. The van der Waals surface area contributed by atoms with E-state index in [1.807, 2.05) is 18.2 Å². The zero-order valence-electron chi connectivity index (χ0n) is 6.21. The highest BCUT2D eigenvalue weighted by molar-refractivity contribution is 9.10. The van der Waals surface area contributed by atoms with Crippen molar-refractivity contribution in [1.82, 2.24) is 10.2 Å². The molecule has 1 aromatic carbocycles. The fraction of sp³-hybridized carbons (Fsp3) is 0.125. The summed E-state index contributed by atoms with van der Waals surface area (Å²) in [4.78, 5) is 0. The first-order valence-corrected chi connectivity index (χ1v) is 4.34. The smallest absolute Gasteiger partial charge is 0.107 e. The highest BCUT2D eigenvalue weighted by Crippen LogP contribution is 2.23. The number of aliphatic hydroxyl groups excluding tert-OH is 1. The van der Waals surface area contributed by atoms with Gasteiger partial charge >= 0.3 is 0 Å². The molecule has 0 aliphatic carbocycles. The Kier molecular flexibility index (Phi) is 1.86. The number of aliphatic hydroxyl groups is 1. The van der Waals surface area contributed by atoms with Crippen LogP contribution in [0.15, 0.2) is 22.7 Å². The molecule has 1 heterocycles. The topological polar surface area (TPSA) is 48.9 Å². The lowest BCUT2D eigenvalue weighted by Crippen LogP contribution is -1.81. The van der Waals surface area contributed by atoms with Crippen molar-refractivity contribution in [2.24, 2.45) is 0 Å². The highest BCUT2D eigenvalue weighted by atomic mass is 79.9. The monoisotopic (exact) mass is 226 g/mol. The number of nitrogens with one attached hydrogen (secondary N) is 1. The van der Waals surface area contributed by atoms with Gasteiger partial charge in [0.15, 0.2) is 0 Å². The summed E-state index contributed by atoms with van der Waals surface area (Å²) < 4.78 is 0.941. The maximum atomic E-state index is 8.93. The molecule has 0 fully saturated rings. The normalized spacial score (nSPS) is 10.8. The third-order valence-electron chi connectivity index (χ3n) is 1.77. The standard InChI is InChI=1S/C8H7BrN2O/c9-6-3-1-2-5-7(4-12)10-11-8(5)6/h1-3,12H,4H2,(H,10,11). The Bertz CT molecular complexity index is 410. The van der Waals surface area contributed by atoms with Crippen LogP contribution in [-0.4, -0.2) is 15.3 Å². The molecule has 12 heavy (non-hydrogen) atoms. The Morgan fingerprint density at radius 3 is 3.08 bits per heavy atom. The summed E-state index contributed by atoms with van der Waals surface area (Å²) in [5.74, 6) is 0. The first-order valence-electron chi connectivity index (χ1n) is 3.55. The van der Waals surface area contributed by atoms with Crippen molar-refractivity contribution >= 4 is 26.8 Å². The van der Waals surface area contributed by atoms with Gasteiger partial charge < -0.3 is 5.11 Å². The number of hydrogen-bond acceptors (Lipinski definition) is 2. The van der Waals surface area contributed by atoms with Gasteiger partial charge in [-0.2, -0.15) is 5.10 Å². The molecule has 62 valence electrons. The number of para-hydroxylation sites is 1. The molecule has 0 radical (unpaired) electrons. The van der Waals surface area contributed by atoms with E-state index in [0.717, 1.165) is 21.1 Å². The average Bonchev–Trinajstić information content (AvgIpc) is 2.49. The SMILES string of the molecule is OCc1[nH]nc2c(Br)cccc12. The Morgan fingerprint density at radius 2 is 2.33 bits per heavy atom. The van der Waals surface area contributed by atoms with Crippen molar-refractivity contribution in [1.29, 1.82) is 0 Å². The van der Waals surface area contributed by atoms with E-state index in [1.54, 1.807) is 0 Å². The van der Waals surface area contributed by atoms with E-state index in [-0.39, 0.29) is 6.61 Å². The summed E-state index contributed by atoms with van der Waals surface area (Å²) in [7, 11) is 0. The van der Waals surface area contributed by atoms with Gasteiger partial charge in [-0.05, 0) is 22.0 Å². The van der Waals surface area contributed by atoms with Gasteiger partial charge in [0.05, 0.1) is 12.3 Å². The van der Waals surface area contributed by atoms with Crippen molar-refractivity contribution < 1.29 is 5.11 Å². The zero-order chi connectivity index (χ0) is 8.55. The summed E-state index contributed by atoms with van der Waals surface area (Å²) in [5.41, 5.74) is 1.62. The summed E-state index contributed by atoms with van der Waals surface area (Å²) in [6.07, 6.45) is 0. The van der Waals surface area contributed by atoms with Gasteiger partial charge in [-0.15, -0.1) is 0 Å². The molecule has 0 saturated heterocycles. The van der Waals surface area contributed by atoms with E-state index in [1.165, 1.54) is 0 Å². The molecule has 1 aromatic heterocycles. The Labute approximate surface area is 77.5 Å². The molecule has 3 nitrogen and oxygen atoms in total. The van der Waals surface area contributed by atoms with Crippen LogP contribution in [0.5, 0.6) is 0 Å². The number of aromatic nitrogens is 2. The van der Waals surface area contributed by atoms with E-state index in [4.69, 9.17) is 5.11 Å². The second-order valence-corrected chi connectivity index (χ2v) is 3.35. The van der Waals surface area contributed by atoms with Gasteiger partial charge in [0.1, 0.15) is 5.52 Å². The molecule has 2 rings (SSSR count). The van der Waals surface area contributed by atoms with Gasteiger partial charge in [-0.3, -0.25) is 5.10 Å². The molecule has 0 saturated carbocycles. The molecule has 0 amide bonds. The van der Waals surface area contributed by atoms with E-state index >= 15 is 0 Å². The average molecular weight is 227 g/mol. The molecule has 0 bridgehead atoms. The van der Waals surface area contributed by atoms with Gasteiger partial charge in [-0.25, -0.2) is 0 Å². The molecule has 0 atom stereocenters. The fourth-order valence-electron chi connectivity index (χ4n) is 1.18. The van der Waals surface area contributed by atoms with Crippen LogP contribution in [0.4, 0.5) is 0 Å². The van der Waals surface area contributed by atoms with Crippen LogP contribution < -0.4 is 0 Å². The maximum absolute atomic E-state index is 8.93. The number of benzene rings is 1. The first-order chi connectivity index (χ1) is 5.83. The first kappa shape index (κ1) is 7.76. The quantitative estimate of drug-likeness (QED) is 0.780. The van der Waals surface area contributed by atoms with Crippen molar-refractivity contribution in [3.8, 4) is 0 Å². The van der Waals surface area contributed by atoms with Crippen LogP contribution in [0.3, 0.4) is 0 Å². The third kappa shape index (κ3) is 1.04.